The Morgan fingerprint density at radius 3 is 3.03 bits per heavy atom. The molecule has 29 heavy (non-hydrogen) atoms. The van der Waals surface area contributed by atoms with E-state index in [0.717, 1.165) is 55.0 Å². The highest BCUT2D eigenvalue weighted by molar-refractivity contribution is 5.96. The summed E-state index contributed by atoms with van der Waals surface area (Å²) in [6, 6.07) is 7.22. The summed E-state index contributed by atoms with van der Waals surface area (Å²) in [4.78, 5) is 26.8. The molecule has 4 heterocycles. The first kappa shape index (κ1) is 18.1. The van der Waals surface area contributed by atoms with E-state index in [2.05, 4.69) is 16.9 Å². The fraction of sp³-hybridized carbons (Fsp3) is 0.409. The Morgan fingerprint density at radius 2 is 2.17 bits per heavy atom. The summed E-state index contributed by atoms with van der Waals surface area (Å²) in [7, 11) is 3.73. The summed E-state index contributed by atoms with van der Waals surface area (Å²) >= 11 is 0. The normalized spacial score (nSPS) is 19.5. The van der Waals surface area contributed by atoms with Crippen LogP contribution in [0.15, 0.2) is 34.9 Å². The molecule has 0 saturated carbocycles. The Bertz CT molecular complexity index is 1080. The molecule has 150 valence electrons. The zero-order valence-electron chi connectivity index (χ0n) is 16.7. The van der Waals surface area contributed by atoms with Crippen molar-refractivity contribution in [2.75, 3.05) is 27.2 Å². The van der Waals surface area contributed by atoms with E-state index >= 15 is 0 Å². The highest BCUT2D eigenvalue weighted by atomic mass is 16.5. The van der Waals surface area contributed by atoms with Gasteiger partial charge in [-0.25, -0.2) is 9.97 Å². The number of carbonyl (C=O) groups is 1. The van der Waals surface area contributed by atoms with Crippen LogP contribution in [0.5, 0.6) is 5.75 Å². The molecule has 0 spiro atoms. The Kier molecular flexibility index (Phi) is 4.47. The van der Waals surface area contributed by atoms with Crippen LogP contribution in [-0.2, 0) is 13.0 Å². The molecule has 2 aromatic heterocycles. The average molecular weight is 392 g/mol. The number of benzene rings is 1. The molecule has 0 N–H and O–H groups in total. The maximum atomic E-state index is 13.2. The maximum Gasteiger partial charge on any atom is 0.290 e. The molecule has 1 aromatic carbocycles. The molecule has 1 fully saturated rings. The van der Waals surface area contributed by atoms with Gasteiger partial charge in [0.05, 0.1) is 13.2 Å². The van der Waals surface area contributed by atoms with Gasteiger partial charge < -0.3 is 19.0 Å². The SMILES string of the molecule is COc1ccc2oc(C(=O)N3CCC[C@@H]3c3ncc4c(n3)CCN(C)C4)cc2c1. The molecule has 7 heteroatoms. The lowest BCUT2D eigenvalue weighted by Gasteiger charge is -2.26. The van der Waals surface area contributed by atoms with Crippen molar-refractivity contribution >= 4 is 16.9 Å². The summed E-state index contributed by atoms with van der Waals surface area (Å²) in [5, 5.41) is 0.859. The zero-order chi connectivity index (χ0) is 20.0. The molecule has 2 aliphatic rings. The number of likely N-dealkylation sites (N-methyl/N-ethyl adjacent to an activating group) is 1. The summed E-state index contributed by atoms with van der Waals surface area (Å²) < 4.78 is 11.1. The van der Waals surface area contributed by atoms with Gasteiger partial charge in [0.1, 0.15) is 11.3 Å². The van der Waals surface area contributed by atoms with Crippen LogP contribution in [-0.4, -0.2) is 52.9 Å². The van der Waals surface area contributed by atoms with Gasteiger partial charge in [0.2, 0.25) is 0 Å². The second-order valence-corrected chi connectivity index (χ2v) is 7.86. The topological polar surface area (TPSA) is 71.7 Å². The molecule has 1 saturated heterocycles. The number of carbonyl (C=O) groups excluding carboxylic acids is 1. The number of hydrogen-bond acceptors (Lipinski definition) is 6. The van der Waals surface area contributed by atoms with Gasteiger partial charge in [0.15, 0.2) is 11.6 Å². The van der Waals surface area contributed by atoms with Crippen LogP contribution in [0.25, 0.3) is 11.0 Å². The van der Waals surface area contributed by atoms with Crippen LogP contribution < -0.4 is 4.74 Å². The van der Waals surface area contributed by atoms with Crippen molar-refractivity contribution in [1.29, 1.82) is 0 Å². The van der Waals surface area contributed by atoms with Crippen molar-refractivity contribution in [3.8, 4) is 5.75 Å². The van der Waals surface area contributed by atoms with Gasteiger partial charge in [-0.1, -0.05) is 0 Å². The number of furan rings is 1. The quantitative estimate of drug-likeness (QED) is 0.682. The molecule has 0 aliphatic carbocycles. The Balaban J connectivity index is 1.42. The summed E-state index contributed by atoms with van der Waals surface area (Å²) in [5.74, 6) is 1.73. The monoisotopic (exact) mass is 392 g/mol. The number of likely N-dealkylation sites (tertiary alicyclic amines) is 1. The van der Waals surface area contributed by atoms with Gasteiger partial charge in [-0.2, -0.15) is 0 Å². The van der Waals surface area contributed by atoms with Gasteiger partial charge in [0.25, 0.3) is 5.91 Å². The van der Waals surface area contributed by atoms with E-state index in [1.165, 1.54) is 5.56 Å². The number of methoxy groups -OCH3 is 1. The Labute approximate surface area is 169 Å². The van der Waals surface area contributed by atoms with Crippen molar-refractivity contribution in [2.24, 2.45) is 0 Å². The predicted molar refractivity (Wildman–Crippen MR) is 108 cm³/mol. The van der Waals surface area contributed by atoms with Crippen LogP contribution in [0.2, 0.25) is 0 Å². The first-order chi connectivity index (χ1) is 14.1. The van der Waals surface area contributed by atoms with E-state index in [0.29, 0.717) is 17.9 Å². The highest BCUT2D eigenvalue weighted by Gasteiger charge is 2.34. The molecule has 3 aromatic rings. The van der Waals surface area contributed by atoms with E-state index in [1.54, 1.807) is 13.2 Å². The van der Waals surface area contributed by atoms with Gasteiger partial charge in [-0.15, -0.1) is 0 Å². The summed E-state index contributed by atoms with van der Waals surface area (Å²) in [6.45, 7) is 2.57. The van der Waals surface area contributed by atoms with E-state index in [9.17, 15) is 4.79 Å². The third-order valence-corrected chi connectivity index (χ3v) is 5.89. The lowest BCUT2D eigenvalue weighted by molar-refractivity contribution is 0.0699. The molecule has 7 nitrogen and oxygen atoms in total. The van der Waals surface area contributed by atoms with Crippen molar-refractivity contribution in [3.05, 3.63) is 53.3 Å². The van der Waals surface area contributed by atoms with Crippen LogP contribution >= 0.6 is 0 Å². The Hall–Kier alpha value is -2.93. The van der Waals surface area contributed by atoms with Crippen LogP contribution in [0.4, 0.5) is 0 Å². The molecule has 0 unspecified atom stereocenters. The van der Waals surface area contributed by atoms with Crippen molar-refractivity contribution in [1.82, 2.24) is 19.8 Å². The zero-order valence-corrected chi connectivity index (χ0v) is 16.7. The second kappa shape index (κ2) is 7.15. The number of aromatic nitrogens is 2. The van der Waals surface area contributed by atoms with Crippen molar-refractivity contribution in [3.63, 3.8) is 0 Å². The van der Waals surface area contributed by atoms with E-state index < -0.39 is 0 Å². The molecule has 0 bridgehead atoms. The first-order valence-corrected chi connectivity index (χ1v) is 10.0. The molecule has 1 atom stereocenters. The number of ether oxygens (including phenoxy) is 1. The van der Waals surface area contributed by atoms with Gasteiger partial charge in [-0.05, 0) is 44.2 Å². The smallest absolute Gasteiger partial charge is 0.290 e. The fourth-order valence-electron chi connectivity index (χ4n) is 4.31. The Morgan fingerprint density at radius 1 is 1.28 bits per heavy atom. The van der Waals surface area contributed by atoms with Gasteiger partial charge in [-0.3, -0.25) is 4.79 Å². The van der Waals surface area contributed by atoms with Crippen LogP contribution in [0, 0.1) is 0 Å². The lowest BCUT2D eigenvalue weighted by Crippen LogP contribution is -2.32. The van der Waals surface area contributed by atoms with Gasteiger partial charge in [0, 0.05) is 48.9 Å². The maximum absolute atomic E-state index is 13.2. The van der Waals surface area contributed by atoms with Crippen molar-refractivity contribution in [2.45, 2.75) is 31.8 Å². The number of hydrogen-bond donors (Lipinski definition) is 0. The molecule has 0 radical (unpaired) electrons. The van der Waals surface area contributed by atoms with Crippen molar-refractivity contribution < 1.29 is 13.9 Å². The van der Waals surface area contributed by atoms with Crippen LogP contribution in [0.3, 0.4) is 0 Å². The minimum absolute atomic E-state index is 0.102. The predicted octanol–water partition coefficient (Wildman–Crippen LogP) is 3.20. The standard InChI is InChI=1S/C22H24N4O3/c1-25-9-7-17-15(13-25)12-23-21(24-17)18-4-3-8-26(18)22(27)20-11-14-10-16(28-2)5-6-19(14)29-20/h5-6,10-12,18H,3-4,7-9,13H2,1-2H3/t18-/m1/s1. The number of amides is 1. The van der Waals surface area contributed by atoms with E-state index in [4.69, 9.17) is 14.1 Å². The molecular weight excluding hydrogens is 368 g/mol. The minimum atomic E-state index is -0.108. The van der Waals surface area contributed by atoms with Gasteiger partial charge >= 0.3 is 0 Å². The molecule has 5 rings (SSSR count). The minimum Gasteiger partial charge on any atom is -0.497 e. The van der Waals surface area contributed by atoms with Crippen LogP contribution in [0.1, 0.15) is 46.5 Å². The highest BCUT2D eigenvalue weighted by Crippen LogP contribution is 2.33. The summed E-state index contributed by atoms with van der Waals surface area (Å²) in [6.07, 6.45) is 4.67. The number of nitrogens with zero attached hydrogens (tertiary/aromatic N) is 4. The molecule has 2 aliphatic heterocycles. The lowest BCUT2D eigenvalue weighted by atomic mass is 10.1. The largest absolute Gasteiger partial charge is 0.497 e. The molecular formula is C22H24N4O3. The van der Waals surface area contributed by atoms with E-state index in [1.807, 2.05) is 29.3 Å². The third kappa shape index (κ3) is 3.25. The second-order valence-electron chi connectivity index (χ2n) is 7.86. The average Bonchev–Trinajstić information content (AvgIpc) is 3.39. The molecule has 1 amide bonds. The summed E-state index contributed by atoms with van der Waals surface area (Å²) in [5.41, 5.74) is 2.98. The number of fused-ring (bicyclic) bond motifs is 2. The fourth-order valence-corrected chi connectivity index (χ4v) is 4.31. The first-order valence-electron chi connectivity index (χ1n) is 10.0. The van der Waals surface area contributed by atoms with E-state index in [-0.39, 0.29) is 11.9 Å². The third-order valence-electron chi connectivity index (χ3n) is 5.89. The number of rotatable bonds is 3.